The summed E-state index contributed by atoms with van der Waals surface area (Å²) < 4.78 is 0. The normalized spacial score (nSPS) is 12.7. The molecule has 2 N–H and O–H groups in total. The summed E-state index contributed by atoms with van der Waals surface area (Å²) in [5, 5.41) is 11.0. The molecule has 1 unspecified atom stereocenters. The molecule has 0 aromatic heterocycles. The topological polar surface area (TPSA) is 49.3 Å². The molecule has 0 aliphatic carbocycles. The van der Waals surface area contributed by atoms with E-state index in [1.807, 2.05) is 6.92 Å². The average Bonchev–Trinajstić information content (AvgIpc) is 1.88. The Kier molecular flexibility index (Phi) is 5.35. The highest BCUT2D eigenvalue weighted by atomic mass is 35.5. The Balaban J connectivity index is 3.37. The zero-order chi connectivity index (χ0) is 7.98. The summed E-state index contributed by atoms with van der Waals surface area (Å²) in [6, 6.07) is 0.0104. The van der Waals surface area contributed by atoms with Crippen molar-refractivity contribution in [2.45, 2.75) is 19.4 Å². The van der Waals surface area contributed by atoms with Gasteiger partial charge in [-0.05, 0) is 13.3 Å². The van der Waals surface area contributed by atoms with Crippen LogP contribution in [0.4, 0.5) is 0 Å². The van der Waals surface area contributed by atoms with Crippen LogP contribution in [0.1, 0.15) is 13.3 Å². The zero-order valence-electron chi connectivity index (χ0n) is 5.93. The maximum atomic E-state index is 10.6. The van der Waals surface area contributed by atoms with Crippen LogP contribution in [0.5, 0.6) is 0 Å². The molecule has 0 aliphatic heterocycles. The van der Waals surface area contributed by atoms with Crippen LogP contribution in [0.25, 0.3) is 0 Å². The van der Waals surface area contributed by atoms with Crippen LogP contribution >= 0.6 is 11.6 Å². The fraction of sp³-hybridized carbons (Fsp3) is 0.833. The van der Waals surface area contributed by atoms with Crippen LogP contribution in [0.15, 0.2) is 0 Å². The molecule has 0 aromatic carbocycles. The number of halogens is 1. The largest absolute Gasteiger partial charge is 0.396 e. The minimum Gasteiger partial charge on any atom is -0.396 e. The molecule has 0 bridgehead atoms. The number of nitrogens with one attached hydrogen (secondary N) is 1. The van der Waals surface area contributed by atoms with Gasteiger partial charge in [-0.3, -0.25) is 4.79 Å². The Bertz CT molecular complexity index is 108. The van der Waals surface area contributed by atoms with E-state index in [0.717, 1.165) is 0 Å². The number of aliphatic hydroxyl groups is 1. The van der Waals surface area contributed by atoms with Gasteiger partial charge >= 0.3 is 0 Å². The van der Waals surface area contributed by atoms with E-state index in [2.05, 4.69) is 5.32 Å². The molecule has 0 spiro atoms. The van der Waals surface area contributed by atoms with Crippen molar-refractivity contribution in [3.05, 3.63) is 0 Å². The first-order valence-corrected chi connectivity index (χ1v) is 3.70. The Labute approximate surface area is 65.4 Å². The number of carbonyl (C=O) groups is 1. The van der Waals surface area contributed by atoms with E-state index in [9.17, 15) is 4.79 Å². The Morgan fingerprint density at radius 1 is 1.80 bits per heavy atom. The van der Waals surface area contributed by atoms with E-state index in [0.29, 0.717) is 6.42 Å². The van der Waals surface area contributed by atoms with Crippen molar-refractivity contribution in [1.29, 1.82) is 0 Å². The second-order valence-corrected chi connectivity index (χ2v) is 2.38. The van der Waals surface area contributed by atoms with Crippen molar-refractivity contribution in [2.75, 3.05) is 12.5 Å². The third kappa shape index (κ3) is 4.58. The predicted molar refractivity (Wildman–Crippen MR) is 40.0 cm³/mol. The van der Waals surface area contributed by atoms with Crippen LogP contribution in [0.2, 0.25) is 0 Å². The zero-order valence-corrected chi connectivity index (χ0v) is 6.69. The molecule has 0 radical (unpaired) electrons. The van der Waals surface area contributed by atoms with E-state index in [-0.39, 0.29) is 24.4 Å². The first-order valence-electron chi connectivity index (χ1n) is 3.17. The molecular weight excluding hydrogens is 154 g/mol. The third-order valence-electron chi connectivity index (χ3n) is 1.09. The molecular formula is C6H12ClNO2. The van der Waals surface area contributed by atoms with Crippen molar-refractivity contribution in [3.8, 4) is 0 Å². The van der Waals surface area contributed by atoms with Crippen LogP contribution in [-0.2, 0) is 4.79 Å². The molecule has 0 fully saturated rings. The summed E-state index contributed by atoms with van der Waals surface area (Å²) in [6.07, 6.45) is 0.572. The van der Waals surface area contributed by atoms with Gasteiger partial charge in [0.25, 0.3) is 0 Å². The van der Waals surface area contributed by atoms with Crippen LogP contribution in [0, 0.1) is 0 Å². The van der Waals surface area contributed by atoms with Gasteiger partial charge < -0.3 is 10.4 Å². The van der Waals surface area contributed by atoms with E-state index in [1.54, 1.807) is 0 Å². The van der Waals surface area contributed by atoms with Crippen molar-refractivity contribution in [1.82, 2.24) is 5.32 Å². The minimum absolute atomic E-state index is 0.0104. The van der Waals surface area contributed by atoms with Crippen LogP contribution < -0.4 is 5.32 Å². The second-order valence-electron chi connectivity index (χ2n) is 2.11. The first-order chi connectivity index (χ1) is 4.70. The van der Waals surface area contributed by atoms with Gasteiger partial charge in [0.15, 0.2) is 0 Å². The summed E-state index contributed by atoms with van der Waals surface area (Å²) in [6.45, 7) is 1.91. The number of alkyl halides is 1. The van der Waals surface area contributed by atoms with Crippen molar-refractivity contribution in [2.24, 2.45) is 0 Å². The lowest BCUT2D eigenvalue weighted by atomic mass is 10.2. The van der Waals surface area contributed by atoms with Crippen molar-refractivity contribution >= 4 is 17.5 Å². The van der Waals surface area contributed by atoms with Gasteiger partial charge in [-0.1, -0.05) is 0 Å². The smallest absolute Gasteiger partial charge is 0.235 e. The number of aliphatic hydroxyl groups excluding tert-OH is 1. The molecule has 0 rings (SSSR count). The summed E-state index contributed by atoms with van der Waals surface area (Å²) in [5.41, 5.74) is 0. The fourth-order valence-electron chi connectivity index (χ4n) is 0.579. The van der Waals surface area contributed by atoms with Gasteiger partial charge in [-0.25, -0.2) is 0 Å². The molecule has 0 saturated carbocycles. The maximum Gasteiger partial charge on any atom is 0.235 e. The van der Waals surface area contributed by atoms with Crippen molar-refractivity contribution < 1.29 is 9.90 Å². The van der Waals surface area contributed by atoms with Gasteiger partial charge in [0.1, 0.15) is 5.88 Å². The number of hydrogen-bond acceptors (Lipinski definition) is 2. The minimum atomic E-state index is -0.192. The first kappa shape index (κ1) is 9.72. The van der Waals surface area contributed by atoms with Crippen LogP contribution in [-0.4, -0.2) is 29.5 Å². The standard InChI is InChI=1S/C6H12ClNO2/c1-5(2-3-9)8-6(10)4-7/h5,9H,2-4H2,1H3,(H,8,10). The van der Waals surface area contributed by atoms with Gasteiger partial charge in [0, 0.05) is 12.6 Å². The molecule has 0 aliphatic rings. The molecule has 0 aromatic rings. The summed E-state index contributed by atoms with van der Waals surface area (Å²) in [4.78, 5) is 10.6. The quantitative estimate of drug-likeness (QED) is 0.581. The Morgan fingerprint density at radius 3 is 2.80 bits per heavy atom. The SMILES string of the molecule is CC(CCO)NC(=O)CCl. The molecule has 1 amide bonds. The molecule has 0 saturated heterocycles. The molecule has 4 heteroatoms. The maximum absolute atomic E-state index is 10.6. The lowest BCUT2D eigenvalue weighted by Gasteiger charge is -2.09. The third-order valence-corrected chi connectivity index (χ3v) is 1.33. The molecule has 10 heavy (non-hydrogen) atoms. The Morgan fingerprint density at radius 2 is 2.40 bits per heavy atom. The summed E-state index contributed by atoms with van der Waals surface area (Å²) >= 11 is 5.22. The highest BCUT2D eigenvalue weighted by molar-refractivity contribution is 6.27. The highest BCUT2D eigenvalue weighted by Crippen LogP contribution is 1.88. The van der Waals surface area contributed by atoms with Crippen LogP contribution in [0.3, 0.4) is 0 Å². The monoisotopic (exact) mass is 165 g/mol. The van der Waals surface area contributed by atoms with Gasteiger partial charge in [-0.2, -0.15) is 0 Å². The number of rotatable bonds is 4. The number of hydrogen-bond donors (Lipinski definition) is 2. The Hall–Kier alpha value is -0.280. The summed E-state index contributed by atoms with van der Waals surface area (Å²) in [7, 11) is 0. The molecule has 1 atom stereocenters. The fourth-order valence-corrected chi connectivity index (χ4v) is 0.656. The van der Waals surface area contributed by atoms with E-state index in [1.165, 1.54) is 0 Å². The number of carbonyl (C=O) groups excluding carboxylic acids is 1. The average molecular weight is 166 g/mol. The highest BCUT2D eigenvalue weighted by Gasteiger charge is 2.03. The second kappa shape index (κ2) is 5.50. The number of amides is 1. The van der Waals surface area contributed by atoms with Crippen molar-refractivity contribution in [3.63, 3.8) is 0 Å². The molecule has 0 heterocycles. The van der Waals surface area contributed by atoms with E-state index >= 15 is 0 Å². The lowest BCUT2D eigenvalue weighted by molar-refractivity contribution is -0.119. The predicted octanol–water partition coefficient (Wildman–Crippen LogP) is 0.112. The molecule has 60 valence electrons. The van der Waals surface area contributed by atoms with Gasteiger partial charge in [0.2, 0.25) is 5.91 Å². The van der Waals surface area contributed by atoms with E-state index in [4.69, 9.17) is 16.7 Å². The summed E-state index contributed by atoms with van der Waals surface area (Å²) in [5.74, 6) is -0.210. The lowest BCUT2D eigenvalue weighted by Crippen LogP contribution is -2.33. The van der Waals surface area contributed by atoms with Gasteiger partial charge in [-0.15, -0.1) is 11.6 Å². The van der Waals surface area contributed by atoms with Gasteiger partial charge in [0.05, 0.1) is 0 Å². The molecule has 3 nitrogen and oxygen atoms in total. The van der Waals surface area contributed by atoms with E-state index < -0.39 is 0 Å².